The van der Waals surface area contributed by atoms with E-state index >= 15 is 0 Å². The molecule has 298 valence electrons. The summed E-state index contributed by atoms with van der Waals surface area (Å²) in [6.07, 6.45) is 0. The van der Waals surface area contributed by atoms with Crippen molar-refractivity contribution in [2.45, 2.75) is 6.92 Å². The molecule has 0 atom stereocenters. The molecule has 0 fully saturated rings. The molecule has 0 N–H and O–H groups in total. The monoisotopic (exact) mass is 831 g/mol. The summed E-state index contributed by atoms with van der Waals surface area (Å²) in [5, 5.41) is 13.3. The third-order valence-electron chi connectivity index (χ3n) is 13.0. The lowest BCUT2D eigenvalue weighted by Crippen LogP contribution is -1.97. The molecule has 0 amide bonds. The van der Waals surface area contributed by atoms with Gasteiger partial charge < -0.3 is 0 Å². The number of rotatable bonds is 5. The predicted molar refractivity (Wildman–Crippen MR) is 272 cm³/mol. The van der Waals surface area contributed by atoms with Crippen molar-refractivity contribution in [2.75, 3.05) is 0 Å². The van der Waals surface area contributed by atoms with Gasteiger partial charge in [0, 0.05) is 37.7 Å². The highest BCUT2D eigenvalue weighted by Crippen LogP contribution is 2.47. The minimum absolute atomic E-state index is 0.699. The summed E-state index contributed by atoms with van der Waals surface area (Å²) in [5.41, 5.74) is 11.5. The first-order valence-electron chi connectivity index (χ1n) is 21.8. The average Bonchev–Trinajstić information content (AvgIpc) is 3.76. The molecule has 0 saturated carbocycles. The highest BCUT2D eigenvalue weighted by molar-refractivity contribution is 7.27. The van der Waals surface area contributed by atoms with Gasteiger partial charge in [0.25, 0.3) is 0 Å². The molecule has 0 radical (unpaired) electrons. The SMILES string of the molecule is Cc1c(-c2ccc3ccccc3c2)cc(-c2ccc3ccccc3c2)nc1-c1ccc(-c2nc(-c3cccc4ccccc34)c3sc4c5ccccc5c5ccccc5c4c3n2)cc1. The van der Waals surface area contributed by atoms with Crippen LogP contribution in [0.4, 0.5) is 0 Å². The topological polar surface area (TPSA) is 38.7 Å². The minimum atomic E-state index is 0.699. The molecule has 10 aromatic carbocycles. The Morgan fingerprint density at radius 3 is 1.62 bits per heavy atom. The Labute approximate surface area is 373 Å². The number of hydrogen-bond donors (Lipinski definition) is 0. The van der Waals surface area contributed by atoms with Crippen molar-refractivity contribution in [1.82, 2.24) is 15.0 Å². The molecule has 0 aliphatic carbocycles. The molecule has 4 heteroatoms. The van der Waals surface area contributed by atoms with Crippen LogP contribution in [0.1, 0.15) is 5.56 Å². The van der Waals surface area contributed by atoms with Gasteiger partial charge in [-0.05, 0) is 90.3 Å². The smallest absolute Gasteiger partial charge is 0.160 e. The summed E-state index contributed by atoms with van der Waals surface area (Å²) in [6, 6.07) is 74.2. The van der Waals surface area contributed by atoms with E-state index in [9.17, 15) is 0 Å². The van der Waals surface area contributed by atoms with Crippen molar-refractivity contribution >= 4 is 85.5 Å². The number of thiophene rings is 1. The number of benzene rings is 10. The van der Waals surface area contributed by atoms with E-state index in [-0.39, 0.29) is 0 Å². The van der Waals surface area contributed by atoms with Crippen molar-refractivity contribution in [3.63, 3.8) is 0 Å². The van der Waals surface area contributed by atoms with E-state index in [2.05, 4.69) is 213 Å². The fourth-order valence-electron chi connectivity index (χ4n) is 9.83. The molecule has 3 aromatic heterocycles. The molecule has 0 unspecified atom stereocenters. The van der Waals surface area contributed by atoms with E-state index in [1.54, 1.807) is 0 Å². The lowest BCUT2D eigenvalue weighted by Gasteiger charge is -2.16. The van der Waals surface area contributed by atoms with Crippen LogP contribution in [-0.2, 0) is 0 Å². The number of pyridine rings is 1. The van der Waals surface area contributed by atoms with E-state index in [4.69, 9.17) is 15.0 Å². The highest BCUT2D eigenvalue weighted by Gasteiger charge is 2.22. The van der Waals surface area contributed by atoms with E-state index < -0.39 is 0 Å². The van der Waals surface area contributed by atoms with Gasteiger partial charge in [0.05, 0.1) is 27.3 Å². The summed E-state index contributed by atoms with van der Waals surface area (Å²) in [6.45, 7) is 2.20. The summed E-state index contributed by atoms with van der Waals surface area (Å²) >= 11 is 1.81. The van der Waals surface area contributed by atoms with Gasteiger partial charge in [-0.2, -0.15) is 0 Å². The van der Waals surface area contributed by atoms with Crippen molar-refractivity contribution < 1.29 is 0 Å². The maximum atomic E-state index is 5.52. The third-order valence-corrected chi connectivity index (χ3v) is 14.3. The van der Waals surface area contributed by atoms with Crippen LogP contribution in [0, 0.1) is 6.92 Å². The van der Waals surface area contributed by atoms with Gasteiger partial charge in [-0.1, -0.05) is 188 Å². The number of nitrogens with zero attached hydrogens (tertiary/aromatic N) is 3. The highest BCUT2D eigenvalue weighted by atomic mass is 32.1. The van der Waals surface area contributed by atoms with E-state index in [0.717, 1.165) is 55.1 Å². The van der Waals surface area contributed by atoms with Gasteiger partial charge in [-0.3, -0.25) is 0 Å². The molecular weight excluding hydrogens is 795 g/mol. The summed E-state index contributed by atoms with van der Waals surface area (Å²) in [4.78, 5) is 16.5. The van der Waals surface area contributed by atoms with Gasteiger partial charge in [-0.25, -0.2) is 15.0 Å². The minimum Gasteiger partial charge on any atom is -0.247 e. The molecule has 13 rings (SSSR count). The zero-order valence-corrected chi connectivity index (χ0v) is 35.7. The molecule has 0 aliphatic rings. The van der Waals surface area contributed by atoms with Gasteiger partial charge in [0.1, 0.15) is 0 Å². The van der Waals surface area contributed by atoms with Crippen LogP contribution in [0.3, 0.4) is 0 Å². The van der Waals surface area contributed by atoms with Crippen molar-refractivity contribution in [1.29, 1.82) is 0 Å². The number of fused-ring (bicyclic) bond motifs is 11. The molecule has 3 nitrogen and oxygen atoms in total. The second kappa shape index (κ2) is 14.5. The zero-order valence-electron chi connectivity index (χ0n) is 34.9. The molecule has 64 heavy (non-hydrogen) atoms. The molecule has 3 heterocycles. The second-order valence-electron chi connectivity index (χ2n) is 16.7. The molecule has 0 aliphatic heterocycles. The van der Waals surface area contributed by atoms with Crippen LogP contribution in [0.15, 0.2) is 206 Å². The zero-order chi connectivity index (χ0) is 42.3. The Morgan fingerprint density at radius 2 is 0.891 bits per heavy atom. The van der Waals surface area contributed by atoms with Crippen LogP contribution >= 0.6 is 11.3 Å². The first-order valence-corrected chi connectivity index (χ1v) is 22.6. The lowest BCUT2D eigenvalue weighted by atomic mass is 9.92. The van der Waals surface area contributed by atoms with Crippen molar-refractivity contribution in [3.05, 3.63) is 212 Å². The average molecular weight is 832 g/mol. The Balaban J connectivity index is 1.02. The van der Waals surface area contributed by atoms with Gasteiger partial charge in [0.15, 0.2) is 5.82 Å². The van der Waals surface area contributed by atoms with E-state index in [1.807, 2.05) is 11.3 Å². The first kappa shape index (κ1) is 36.6. The largest absolute Gasteiger partial charge is 0.247 e. The Bertz CT molecular complexity index is 4030. The number of hydrogen-bond acceptors (Lipinski definition) is 4. The maximum absolute atomic E-state index is 5.52. The van der Waals surface area contributed by atoms with E-state index in [0.29, 0.717) is 5.82 Å². The van der Waals surface area contributed by atoms with Gasteiger partial charge >= 0.3 is 0 Å². The molecule has 0 spiro atoms. The van der Waals surface area contributed by atoms with Crippen LogP contribution in [0.5, 0.6) is 0 Å². The standard InChI is InChI=1S/C60H37N3S/c1-36-52(44-31-25-37-13-2-4-16-42(37)33-44)35-53(45-32-26-38-14-3-5-17-43(38)34-45)61-55(36)40-27-29-41(30-28-40)60-62-56(50-24-12-18-39-15-6-7-19-46(39)50)59-57(63-60)54-49-22-10-8-20-47(49)48-21-9-11-23-51(48)58(54)64-59/h2-35H,1H3. The van der Waals surface area contributed by atoms with Crippen molar-refractivity contribution in [2.24, 2.45) is 0 Å². The first-order chi connectivity index (χ1) is 31.6. The van der Waals surface area contributed by atoms with Crippen LogP contribution in [-0.4, -0.2) is 15.0 Å². The summed E-state index contributed by atoms with van der Waals surface area (Å²) in [5.74, 6) is 0.699. The summed E-state index contributed by atoms with van der Waals surface area (Å²) < 4.78 is 2.34. The predicted octanol–water partition coefficient (Wildman–Crippen LogP) is 16.6. The summed E-state index contributed by atoms with van der Waals surface area (Å²) in [7, 11) is 0. The fourth-order valence-corrected chi connectivity index (χ4v) is 11.1. The Kier molecular flexibility index (Phi) is 8.30. The fraction of sp³-hybridized carbons (Fsp3) is 0.0167. The molecular formula is C60H37N3S. The van der Waals surface area contributed by atoms with Crippen LogP contribution < -0.4 is 0 Å². The van der Waals surface area contributed by atoms with Crippen LogP contribution in [0.2, 0.25) is 0 Å². The molecule has 0 bridgehead atoms. The quantitative estimate of drug-likeness (QED) is 0.162. The maximum Gasteiger partial charge on any atom is 0.160 e. The van der Waals surface area contributed by atoms with Gasteiger partial charge in [-0.15, -0.1) is 11.3 Å². The van der Waals surface area contributed by atoms with Gasteiger partial charge in [0.2, 0.25) is 0 Å². The third kappa shape index (κ3) is 5.84. The van der Waals surface area contributed by atoms with Crippen molar-refractivity contribution in [3.8, 4) is 56.3 Å². The second-order valence-corrected chi connectivity index (χ2v) is 17.7. The van der Waals surface area contributed by atoms with E-state index in [1.165, 1.54) is 75.1 Å². The van der Waals surface area contributed by atoms with Crippen LogP contribution in [0.25, 0.3) is 130 Å². The molecule has 13 aromatic rings. The molecule has 0 saturated heterocycles. The lowest BCUT2D eigenvalue weighted by molar-refractivity contribution is 1.24. The Morgan fingerprint density at radius 1 is 0.344 bits per heavy atom. The number of aromatic nitrogens is 3. The Hall–Kier alpha value is -8.05. The normalized spacial score (nSPS) is 11.8.